The van der Waals surface area contributed by atoms with Crippen molar-refractivity contribution in [2.75, 3.05) is 14.2 Å². The molecule has 0 aromatic heterocycles. The molecular formula is C14H19NO5. The standard InChI is InChI=1S/C14H19NO5/c1-4-11(14(18)19)15(2)8-10-7-9(13(16)17)5-6-12(10)20-3/h5-7,11H,4,8H2,1-3H3,(H,16,17)(H,18,19)/t11-/m1/s1. The monoisotopic (exact) mass is 281 g/mol. The summed E-state index contributed by atoms with van der Waals surface area (Å²) < 4.78 is 5.19. The summed E-state index contributed by atoms with van der Waals surface area (Å²) in [5.74, 6) is -1.38. The second-order valence-corrected chi connectivity index (χ2v) is 4.51. The number of rotatable bonds is 7. The molecule has 0 unspecified atom stereocenters. The number of carboxylic acid groups (broad SMARTS) is 2. The van der Waals surface area contributed by atoms with Gasteiger partial charge in [0, 0.05) is 12.1 Å². The average Bonchev–Trinajstić information content (AvgIpc) is 2.38. The second kappa shape index (κ2) is 6.91. The minimum Gasteiger partial charge on any atom is -0.496 e. The smallest absolute Gasteiger partial charge is 0.335 e. The topological polar surface area (TPSA) is 87.1 Å². The SMILES string of the molecule is CC[C@H](C(=O)O)N(C)Cc1cc(C(=O)O)ccc1OC. The van der Waals surface area contributed by atoms with Gasteiger partial charge < -0.3 is 14.9 Å². The lowest BCUT2D eigenvalue weighted by atomic mass is 10.1. The number of aliphatic carboxylic acids is 1. The lowest BCUT2D eigenvalue weighted by molar-refractivity contribution is -0.143. The highest BCUT2D eigenvalue weighted by atomic mass is 16.5. The molecule has 0 heterocycles. The Morgan fingerprint density at radius 1 is 1.35 bits per heavy atom. The van der Waals surface area contributed by atoms with Gasteiger partial charge in [-0.2, -0.15) is 0 Å². The van der Waals surface area contributed by atoms with Crippen molar-refractivity contribution in [3.63, 3.8) is 0 Å². The predicted molar refractivity (Wildman–Crippen MR) is 73.1 cm³/mol. The van der Waals surface area contributed by atoms with E-state index in [0.717, 1.165) is 0 Å². The summed E-state index contributed by atoms with van der Waals surface area (Å²) in [5, 5.41) is 18.1. The third kappa shape index (κ3) is 3.71. The maximum Gasteiger partial charge on any atom is 0.335 e. The molecule has 2 N–H and O–H groups in total. The van der Waals surface area contributed by atoms with Crippen molar-refractivity contribution in [2.24, 2.45) is 0 Å². The van der Waals surface area contributed by atoms with Crippen LogP contribution in [0.25, 0.3) is 0 Å². The van der Waals surface area contributed by atoms with Gasteiger partial charge in [0.15, 0.2) is 0 Å². The molecule has 6 nitrogen and oxygen atoms in total. The number of hydrogen-bond acceptors (Lipinski definition) is 4. The number of benzene rings is 1. The zero-order chi connectivity index (χ0) is 15.3. The number of ether oxygens (including phenoxy) is 1. The highest BCUT2D eigenvalue weighted by molar-refractivity contribution is 5.88. The Morgan fingerprint density at radius 3 is 2.45 bits per heavy atom. The molecule has 0 aliphatic heterocycles. The van der Waals surface area contributed by atoms with Gasteiger partial charge in [-0.05, 0) is 31.7 Å². The molecule has 0 radical (unpaired) electrons. The first-order valence-electron chi connectivity index (χ1n) is 6.24. The van der Waals surface area contributed by atoms with E-state index < -0.39 is 18.0 Å². The Labute approximate surface area is 117 Å². The third-order valence-electron chi connectivity index (χ3n) is 3.15. The van der Waals surface area contributed by atoms with Crippen LogP contribution < -0.4 is 4.74 Å². The van der Waals surface area contributed by atoms with Gasteiger partial charge in [-0.3, -0.25) is 9.69 Å². The number of likely N-dealkylation sites (N-methyl/N-ethyl adjacent to an activating group) is 1. The van der Waals surface area contributed by atoms with Crippen LogP contribution in [-0.2, 0) is 11.3 Å². The zero-order valence-electron chi connectivity index (χ0n) is 11.8. The largest absolute Gasteiger partial charge is 0.496 e. The van der Waals surface area contributed by atoms with Gasteiger partial charge in [-0.1, -0.05) is 6.92 Å². The molecule has 0 saturated heterocycles. The van der Waals surface area contributed by atoms with E-state index in [4.69, 9.17) is 14.9 Å². The summed E-state index contributed by atoms with van der Waals surface area (Å²) in [5.41, 5.74) is 0.798. The zero-order valence-corrected chi connectivity index (χ0v) is 11.8. The van der Waals surface area contributed by atoms with Crippen LogP contribution in [0.1, 0.15) is 29.3 Å². The summed E-state index contributed by atoms with van der Waals surface area (Å²) >= 11 is 0. The summed E-state index contributed by atoms with van der Waals surface area (Å²) in [4.78, 5) is 23.8. The minimum atomic E-state index is -1.03. The Hall–Kier alpha value is -2.08. The van der Waals surface area contributed by atoms with Crippen LogP contribution in [0, 0.1) is 0 Å². The molecule has 0 fully saturated rings. The molecular weight excluding hydrogens is 262 g/mol. The van der Waals surface area contributed by atoms with Crippen molar-refractivity contribution < 1.29 is 24.5 Å². The Bertz CT molecular complexity index is 500. The summed E-state index contributed by atoms with van der Waals surface area (Å²) in [6.45, 7) is 2.09. The second-order valence-electron chi connectivity index (χ2n) is 4.51. The molecule has 1 aromatic rings. The van der Waals surface area contributed by atoms with Crippen molar-refractivity contribution in [3.8, 4) is 5.75 Å². The van der Waals surface area contributed by atoms with Crippen molar-refractivity contribution in [1.82, 2.24) is 4.90 Å². The number of carbonyl (C=O) groups is 2. The quantitative estimate of drug-likeness (QED) is 0.791. The van der Waals surface area contributed by atoms with Gasteiger partial charge in [-0.25, -0.2) is 4.79 Å². The lowest BCUT2D eigenvalue weighted by Crippen LogP contribution is -2.37. The molecule has 0 bridgehead atoms. The van der Waals surface area contributed by atoms with Gasteiger partial charge in [0.25, 0.3) is 0 Å². The van der Waals surface area contributed by atoms with Crippen molar-refractivity contribution in [1.29, 1.82) is 0 Å². The molecule has 0 spiro atoms. The Morgan fingerprint density at radius 2 is 2.00 bits per heavy atom. The van der Waals surface area contributed by atoms with E-state index >= 15 is 0 Å². The highest BCUT2D eigenvalue weighted by Gasteiger charge is 2.21. The van der Waals surface area contributed by atoms with Crippen LogP contribution in [0.15, 0.2) is 18.2 Å². The lowest BCUT2D eigenvalue weighted by Gasteiger charge is -2.24. The number of methoxy groups -OCH3 is 1. The van der Waals surface area contributed by atoms with Crippen molar-refractivity contribution in [3.05, 3.63) is 29.3 Å². The van der Waals surface area contributed by atoms with Gasteiger partial charge in [0.05, 0.1) is 12.7 Å². The summed E-state index contributed by atoms with van der Waals surface area (Å²) in [6.07, 6.45) is 0.465. The van der Waals surface area contributed by atoms with E-state index in [9.17, 15) is 9.59 Å². The van der Waals surface area contributed by atoms with E-state index in [1.54, 1.807) is 24.9 Å². The maximum atomic E-state index is 11.1. The van der Waals surface area contributed by atoms with Crippen LogP contribution in [0.3, 0.4) is 0 Å². The van der Waals surface area contributed by atoms with Crippen LogP contribution >= 0.6 is 0 Å². The fourth-order valence-electron chi connectivity index (χ4n) is 2.09. The first-order valence-corrected chi connectivity index (χ1v) is 6.24. The summed E-state index contributed by atoms with van der Waals surface area (Å²) in [7, 11) is 3.18. The molecule has 1 atom stereocenters. The number of hydrogen-bond donors (Lipinski definition) is 2. The molecule has 110 valence electrons. The average molecular weight is 281 g/mol. The maximum absolute atomic E-state index is 11.1. The summed E-state index contributed by atoms with van der Waals surface area (Å²) in [6, 6.07) is 3.92. The van der Waals surface area contributed by atoms with Crippen LogP contribution in [0.2, 0.25) is 0 Å². The first kappa shape index (κ1) is 16.0. The van der Waals surface area contributed by atoms with E-state index in [2.05, 4.69) is 0 Å². The minimum absolute atomic E-state index is 0.151. The van der Waals surface area contributed by atoms with Gasteiger partial charge in [0.1, 0.15) is 11.8 Å². The molecule has 20 heavy (non-hydrogen) atoms. The molecule has 0 aliphatic rings. The molecule has 1 rings (SSSR count). The van der Waals surface area contributed by atoms with E-state index in [1.807, 2.05) is 0 Å². The van der Waals surface area contributed by atoms with Gasteiger partial charge in [0.2, 0.25) is 0 Å². The fraction of sp³-hybridized carbons (Fsp3) is 0.429. The number of nitrogens with zero attached hydrogens (tertiary/aromatic N) is 1. The normalized spacial score (nSPS) is 12.2. The highest BCUT2D eigenvalue weighted by Crippen LogP contribution is 2.22. The Kier molecular flexibility index (Phi) is 5.52. The van der Waals surface area contributed by atoms with E-state index in [1.165, 1.54) is 19.2 Å². The molecule has 1 aromatic carbocycles. The third-order valence-corrected chi connectivity index (χ3v) is 3.15. The predicted octanol–water partition coefficient (Wildman–Crippen LogP) is 1.69. The van der Waals surface area contributed by atoms with Gasteiger partial charge in [-0.15, -0.1) is 0 Å². The van der Waals surface area contributed by atoms with E-state index in [0.29, 0.717) is 24.3 Å². The first-order chi connectivity index (χ1) is 9.40. The molecule has 6 heteroatoms. The van der Waals surface area contributed by atoms with Crippen molar-refractivity contribution in [2.45, 2.75) is 25.9 Å². The van der Waals surface area contributed by atoms with E-state index in [-0.39, 0.29) is 5.56 Å². The number of aromatic carboxylic acids is 1. The van der Waals surface area contributed by atoms with Crippen molar-refractivity contribution >= 4 is 11.9 Å². The molecule has 0 aliphatic carbocycles. The fourth-order valence-corrected chi connectivity index (χ4v) is 2.09. The van der Waals surface area contributed by atoms with Gasteiger partial charge >= 0.3 is 11.9 Å². The van der Waals surface area contributed by atoms with Crippen LogP contribution in [0.4, 0.5) is 0 Å². The number of carboxylic acids is 2. The molecule has 0 saturated carbocycles. The molecule has 0 amide bonds. The van der Waals surface area contributed by atoms with Crippen LogP contribution in [0.5, 0.6) is 5.75 Å². The Balaban J connectivity index is 3.02. The van der Waals surface area contributed by atoms with Crippen LogP contribution in [-0.4, -0.2) is 47.3 Å².